The highest BCUT2D eigenvalue weighted by molar-refractivity contribution is 5.68. The molecule has 0 bridgehead atoms. The van der Waals surface area contributed by atoms with Gasteiger partial charge in [0.05, 0.1) is 6.42 Å². The van der Waals surface area contributed by atoms with E-state index in [0.717, 1.165) is 19.3 Å². The Morgan fingerprint density at radius 3 is 2.17 bits per heavy atom. The minimum Gasteiger partial charge on any atom is -0.298 e. The summed E-state index contributed by atoms with van der Waals surface area (Å²) in [7, 11) is 0. The van der Waals surface area contributed by atoms with Crippen LogP contribution in [0.25, 0.3) is 0 Å². The Morgan fingerprint density at radius 2 is 1.72 bits per heavy atom. The summed E-state index contributed by atoms with van der Waals surface area (Å²) >= 11 is 0. The fourth-order valence-corrected chi connectivity index (χ4v) is 2.24. The van der Waals surface area contributed by atoms with Crippen LogP contribution in [0.15, 0.2) is 0 Å². The second-order valence-electron chi connectivity index (χ2n) is 7.12. The SMILES string of the molecule is CCCC(C)(C)OOC(=O)CC(C)CC(C)(C)C. The molecular weight excluding hydrogens is 228 g/mol. The topological polar surface area (TPSA) is 35.5 Å². The standard InChI is InChI=1S/C15H30O3/c1-8-9-15(6,7)18-17-13(16)10-12(2)11-14(3,4)5/h12H,8-11H2,1-7H3. The molecule has 1 unspecified atom stereocenters. The summed E-state index contributed by atoms with van der Waals surface area (Å²) in [5.74, 6) is 0.0475. The van der Waals surface area contributed by atoms with Gasteiger partial charge in [-0.2, -0.15) is 4.89 Å². The van der Waals surface area contributed by atoms with E-state index >= 15 is 0 Å². The molecule has 108 valence electrons. The fourth-order valence-electron chi connectivity index (χ4n) is 2.24. The zero-order valence-electron chi connectivity index (χ0n) is 13.1. The first-order valence-electron chi connectivity index (χ1n) is 6.94. The second-order valence-corrected chi connectivity index (χ2v) is 7.12. The van der Waals surface area contributed by atoms with Crippen molar-refractivity contribution < 1.29 is 14.6 Å². The van der Waals surface area contributed by atoms with Gasteiger partial charge in [-0.15, -0.1) is 0 Å². The maximum absolute atomic E-state index is 11.6. The number of carbonyl (C=O) groups excluding carboxylic acids is 1. The lowest BCUT2D eigenvalue weighted by atomic mass is 9.84. The van der Waals surface area contributed by atoms with Gasteiger partial charge >= 0.3 is 5.97 Å². The molecule has 3 heteroatoms. The summed E-state index contributed by atoms with van der Waals surface area (Å²) in [5.41, 5.74) is -0.153. The van der Waals surface area contributed by atoms with E-state index in [2.05, 4.69) is 34.6 Å². The number of carbonyl (C=O) groups is 1. The van der Waals surface area contributed by atoms with Gasteiger partial charge in [0, 0.05) is 0 Å². The molecule has 0 fully saturated rings. The van der Waals surface area contributed by atoms with Gasteiger partial charge in [-0.05, 0) is 38.0 Å². The van der Waals surface area contributed by atoms with E-state index in [1.807, 2.05) is 13.8 Å². The highest BCUT2D eigenvalue weighted by Gasteiger charge is 2.23. The molecule has 0 saturated heterocycles. The first-order valence-corrected chi connectivity index (χ1v) is 6.94. The molecule has 0 aliphatic heterocycles. The predicted molar refractivity (Wildman–Crippen MR) is 74.0 cm³/mol. The van der Waals surface area contributed by atoms with Crippen LogP contribution < -0.4 is 0 Å². The Morgan fingerprint density at radius 1 is 1.17 bits per heavy atom. The van der Waals surface area contributed by atoms with Crippen molar-refractivity contribution in [3.05, 3.63) is 0 Å². The average Bonchev–Trinajstić information content (AvgIpc) is 2.11. The molecule has 0 saturated carbocycles. The van der Waals surface area contributed by atoms with Crippen molar-refractivity contribution >= 4 is 5.97 Å². The fraction of sp³-hybridized carbons (Fsp3) is 0.933. The molecule has 0 rings (SSSR count). The Hall–Kier alpha value is -0.570. The largest absolute Gasteiger partial charge is 0.342 e. The van der Waals surface area contributed by atoms with Crippen molar-refractivity contribution in [1.29, 1.82) is 0 Å². The van der Waals surface area contributed by atoms with E-state index in [-0.39, 0.29) is 11.4 Å². The summed E-state index contributed by atoms with van der Waals surface area (Å²) < 4.78 is 0. The van der Waals surface area contributed by atoms with Crippen molar-refractivity contribution in [2.45, 2.75) is 79.8 Å². The molecule has 0 aromatic heterocycles. The van der Waals surface area contributed by atoms with E-state index in [0.29, 0.717) is 12.3 Å². The molecule has 0 aromatic rings. The van der Waals surface area contributed by atoms with Gasteiger partial charge in [0.15, 0.2) is 0 Å². The molecule has 1 atom stereocenters. The zero-order chi connectivity index (χ0) is 14.4. The lowest BCUT2D eigenvalue weighted by Gasteiger charge is -2.24. The molecule has 0 amide bonds. The summed E-state index contributed by atoms with van der Waals surface area (Å²) in [6.45, 7) is 14.5. The normalized spacial score (nSPS) is 14.4. The minimum absolute atomic E-state index is 0.238. The quantitative estimate of drug-likeness (QED) is 0.498. The number of hydrogen-bond acceptors (Lipinski definition) is 3. The van der Waals surface area contributed by atoms with Gasteiger partial charge in [-0.3, -0.25) is 4.89 Å². The molecule has 0 N–H and O–H groups in total. The smallest absolute Gasteiger partial charge is 0.298 e. The van der Waals surface area contributed by atoms with Gasteiger partial charge in [-0.1, -0.05) is 41.0 Å². The number of rotatable bonds is 7. The van der Waals surface area contributed by atoms with E-state index in [1.165, 1.54) is 0 Å². The van der Waals surface area contributed by atoms with Crippen LogP contribution in [-0.2, 0) is 14.6 Å². The van der Waals surface area contributed by atoms with E-state index in [1.54, 1.807) is 0 Å². The summed E-state index contributed by atoms with van der Waals surface area (Å²) in [6.07, 6.45) is 3.29. The molecule has 0 aliphatic carbocycles. The summed E-state index contributed by atoms with van der Waals surface area (Å²) in [5, 5.41) is 0. The van der Waals surface area contributed by atoms with Gasteiger partial charge in [-0.25, -0.2) is 4.79 Å². The maximum atomic E-state index is 11.6. The van der Waals surface area contributed by atoms with Crippen molar-refractivity contribution in [2.75, 3.05) is 0 Å². The van der Waals surface area contributed by atoms with Crippen molar-refractivity contribution in [2.24, 2.45) is 11.3 Å². The van der Waals surface area contributed by atoms with Gasteiger partial charge in [0.2, 0.25) is 0 Å². The average molecular weight is 258 g/mol. The Bertz CT molecular complexity index is 251. The molecular formula is C15H30O3. The molecule has 0 heterocycles. The summed E-state index contributed by atoms with van der Waals surface area (Å²) in [4.78, 5) is 21.8. The van der Waals surface area contributed by atoms with Crippen LogP contribution in [-0.4, -0.2) is 11.6 Å². The van der Waals surface area contributed by atoms with E-state index < -0.39 is 5.60 Å². The van der Waals surface area contributed by atoms with Crippen LogP contribution in [0.5, 0.6) is 0 Å². The third kappa shape index (κ3) is 9.46. The van der Waals surface area contributed by atoms with Crippen LogP contribution >= 0.6 is 0 Å². The van der Waals surface area contributed by atoms with Crippen molar-refractivity contribution in [3.63, 3.8) is 0 Å². The Labute approximate surface area is 112 Å². The zero-order valence-corrected chi connectivity index (χ0v) is 13.1. The van der Waals surface area contributed by atoms with Crippen LogP contribution in [0.3, 0.4) is 0 Å². The summed E-state index contributed by atoms with van der Waals surface area (Å²) in [6, 6.07) is 0. The lowest BCUT2D eigenvalue weighted by Crippen LogP contribution is -2.26. The highest BCUT2D eigenvalue weighted by Crippen LogP contribution is 2.26. The molecule has 3 nitrogen and oxygen atoms in total. The Balaban J connectivity index is 3.98. The van der Waals surface area contributed by atoms with Crippen molar-refractivity contribution in [1.82, 2.24) is 0 Å². The van der Waals surface area contributed by atoms with E-state index in [4.69, 9.17) is 9.78 Å². The highest BCUT2D eigenvalue weighted by atomic mass is 17.2. The maximum Gasteiger partial charge on any atom is 0.342 e. The van der Waals surface area contributed by atoms with E-state index in [9.17, 15) is 4.79 Å². The van der Waals surface area contributed by atoms with Crippen LogP contribution in [0.4, 0.5) is 0 Å². The first-order chi connectivity index (χ1) is 8.06. The van der Waals surface area contributed by atoms with Crippen molar-refractivity contribution in [3.8, 4) is 0 Å². The third-order valence-electron chi connectivity index (χ3n) is 2.69. The predicted octanol–water partition coefficient (Wildman–Crippen LogP) is 4.50. The minimum atomic E-state index is -0.391. The van der Waals surface area contributed by atoms with Crippen LogP contribution in [0.2, 0.25) is 0 Å². The second kappa shape index (κ2) is 7.13. The molecule has 0 aromatic carbocycles. The van der Waals surface area contributed by atoms with Gasteiger partial charge < -0.3 is 0 Å². The van der Waals surface area contributed by atoms with Crippen LogP contribution in [0, 0.1) is 11.3 Å². The molecule has 0 aliphatic rings. The molecule has 0 radical (unpaired) electrons. The monoisotopic (exact) mass is 258 g/mol. The van der Waals surface area contributed by atoms with Gasteiger partial charge in [0.25, 0.3) is 0 Å². The molecule has 0 spiro atoms. The van der Waals surface area contributed by atoms with Crippen LogP contribution in [0.1, 0.15) is 74.1 Å². The Kier molecular flexibility index (Phi) is 6.90. The third-order valence-corrected chi connectivity index (χ3v) is 2.69. The molecule has 18 heavy (non-hydrogen) atoms. The lowest BCUT2D eigenvalue weighted by molar-refractivity contribution is -0.326. The first kappa shape index (κ1) is 17.4. The number of hydrogen-bond donors (Lipinski definition) is 0. The van der Waals surface area contributed by atoms with Gasteiger partial charge in [0.1, 0.15) is 5.60 Å².